The van der Waals surface area contributed by atoms with Crippen LogP contribution in [0, 0.1) is 0 Å². The summed E-state index contributed by atoms with van der Waals surface area (Å²) in [6.07, 6.45) is 1.03. The highest BCUT2D eigenvalue weighted by Gasteiger charge is 2.22. The predicted molar refractivity (Wildman–Crippen MR) is 131 cm³/mol. The molecule has 1 N–H and O–H groups in total. The van der Waals surface area contributed by atoms with E-state index >= 15 is 0 Å². The lowest BCUT2D eigenvalue weighted by atomic mass is 10.2. The van der Waals surface area contributed by atoms with E-state index < -0.39 is 22.5 Å². The summed E-state index contributed by atoms with van der Waals surface area (Å²) in [5.74, 6) is 1.01. The Labute approximate surface area is 198 Å². The Bertz CT molecular complexity index is 1200. The number of carbonyl (C=O) groups excluding carboxylic acids is 1. The lowest BCUT2D eigenvalue weighted by molar-refractivity contribution is -0.114. The topological polar surface area (TPSA) is 84.9 Å². The molecule has 0 aliphatic heterocycles. The Balaban J connectivity index is 1.79. The van der Waals surface area contributed by atoms with Crippen LogP contribution in [0.25, 0.3) is 0 Å². The first-order valence-electron chi connectivity index (χ1n) is 10.2. The van der Waals surface area contributed by atoms with E-state index in [2.05, 4.69) is 5.32 Å². The van der Waals surface area contributed by atoms with E-state index in [0.717, 1.165) is 10.6 Å². The second kappa shape index (κ2) is 10.6. The summed E-state index contributed by atoms with van der Waals surface area (Å²) in [6, 6.07) is 20.4. The van der Waals surface area contributed by atoms with Crippen LogP contribution in [-0.2, 0) is 14.8 Å². The highest BCUT2D eigenvalue weighted by atomic mass is 35.5. The number of amides is 1. The average Bonchev–Trinajstić information content (AvgIpc) is 2.74. The van der Waals surface area contributed by atoms with Gasteiger partial charge in [-0.25, -0.2) is 8.42 Å². The van der Waals surface area contributed by atoms with Crippen LogP contribution in [0.4, 0.5) is 11.4 Å². The molecule has 0 bridgehead atoms. The average molecular weight is 489 g/mol. The Morgan fingerprint density at radius 3 is 2.27 bits per heavy atom. The molecular weight excluding hydrogens is 464 g/mol. The zero-order valence-electron chi connectivity index (χ0n) is 18.5. The molecule has 33 heavy (non-hydrogen) atoms. The quantitative estimate of drug-likeness (QED) is 0.440. The van der Waals surface area contributed by atoms with Crippen molar-refractivity contribution >= 4 is 38.9 Å². The highest BCUT2D eigenvalue weighted by molar-refractivity contribution is 7.92. The molecule has 0 fully saturated rings. The number of para-hydroxylation sites is 1. The van der Waals surface area contributed by atoms with Crippen LogP contribution in [-0.4, -0.2) is 33.2 Å². The van der Waals surface area contributed by atoms with Crippen molar-refractivity contribution in [2.75, 3.05) is 22.4 Å². The van der Waals surface area contributed by atoms with Gasteiger partial charge in [-0.15, -0.1) is 0 Å². The fourth-order valence-corrected chi connectivity index (χ4v) is 4.02. The van der Waals surface area contributed by atoms with Gasteiger partial charge in [0.25, 0.3) is 0 Å². The second-order valence-electron chi connectivity index (χ2n) is 7.53. The van der Waals surface area contributed by atoms with Crippen LogP contribution in [0.3, 0.4) is 0 Å². The molecule has 0 aliphatic carbocycles. The standard InChI is InChI=1S/C24H25ClN2O5S/c1-17(2)31-21-12-10-19(11-13-21)27(33(3,29)30)16-24(28)26-22-15-18(25)9-14-23(22)32-20-7-5-4-6-8-20/h4-15,17H,16H2,1-3H3,(H,26,28). The maximum absolute atomic E-state index is 12.8. The Hall–Kier alpha value is -3.23. The van der Waals surface area contributed by atoms with Gasteiger partial charge in [0, 0.05) is 5.02 Å². The SMILES string of the molecule is CC(C)Oc1ccc(N(CC(=O)Nc2cc(Cl)ccc2Oc2ccccc2)S(C)(=O)=O)cc1. The van der Waals surface area contributed by atoms with Gasteiger partial charge >= 0.3 is 0 Å². The third-order valence-corrected chi connectivity index (χ3v) is 5.75. The fourth-order valence-electron chi connectivity index (χ4n) is 2.99. The second-order valence-corrected chi connectivity index (χ2v) is 9.88. The number of hydrogen-bond donors (Lipinski definition) is 1. The maximum Gasteiger partial charge on any atom is 0.245 e. The van der Waals surface area contributed by atoms with Crippen LogP contribution in [0.1, 0.15) is 13.8 Å². The number of anilines is 2. The van der Waals surface area contributed by atoms with Crippen LogP contribution >= 0.6 is 11.6 Å². The molecule has 7 nitrogen and oxygen atoms in total. The van der Waals surface area contributed by atoms with Gasteiger partial charge in [0.05, 0.1) is 23.7 Å². The lowest BCUT2D eigenvalue weighted by Gasteiger charge is -2.22. The number of sulfonamides is 1. The summed E-state index contributed by atoms with van der Waals surface area (Å²) in [5.41, 5.74) is 0.668. The van der Waals surface area contributed by atoms with Crippen molar-refractivity contribution in [2.24, 2.45) is 0 Å². The molecular formula is C24H25ClN2O5S. The van der Waals surface area contributed by atoms with E-state index in [4.69, 9.17) is 21.1 Å². The fraction of sp³-hybridized carbons (Fsp3) is 0.208. The summed E-state index contributed by atoms with van der Waals surface area (Å²) in [7, 11) is -3.73. The Morgan fingerprint density at radius 1 is 1.00 bits per heavy atom. The largest absolute Gasteiger partial charge is 0.491 e. The molecule has 0 saturated heterocycles. The third-order valence-electron chi connectivity index (χ3n) is 4.37. The van der Waals surface area contributed by atoms with Crippen molar-refractivity contribution in [1.82, 2.24) is 0 Å². The van der Waals surface area contributed by atoms with Gasteiger partial charge in [0.1, 0.15) is 18.0 Å². The molecule has 0 spiro atoms. The summed E-state index contributed by atoms with van der Waals surface area (Å²) in [4.78, 5) is 12.8. The molecule has 0 heterocycles. The number of ether oxygens (including phenoxy) is 2. The summed E-state index contributed by atoms with van der Waals surface area (Å²) < 4.78 is 37.3. The summed E-state index contributed by atoms with van der Waals surface area (Å²) in [5, 5.41) is 3.10. The molecule has 3 aromatic carbocycles. The molecule has 9 heteroatoms. The van der Waals surface area contributed by atoms with Crippen molar-refractivity contribution in [3.05, 3.63) is 77.8 Å². The number of nitrogens with one attached hydrogen (secondary N) is 1. The summed E-state index contributed by atoms with van der Waals surface area (Å²) in [6.45, 7) is 3.36. The number of rotatable bonds is 9. The Kier molecular flexibility index (Phi) is 7.84. The van der Waals surface area contributed by atoms with E-state index in [1.165, 1.54) is 0 Å². The van der Waals surface area contributed by atoms with Crippen LogP contribution in [0.5, 0.6) is 17.2 Å². The number of nitrogens with zero attached hydrogens (tertiary/aromatic N) is 1. The van der Waals surface area contributed by atoms with Gasteiger partial charge in [0.15, 0.2) is 5.75 Å². The monoisotopic (exact) mass is 488 g/mol. The Morgan fingerprint density at radius 2 is 1.67 bits per heavy atom. The molecule has 0 atom stereocenters. The van der Waals surface area contributed by atoms with Crippen molar-refractivity contribution in [1.29, 1.82) is 0 Å². The third kappa shape index (κ3) is 7.13. The van der Waals surface area contributed by atoms with E-state index in [-0.39, 0.29) is 6.10 Å². The number of carbonyl (C=O) groups is 1. The van der Waals surface area contributed by atoms with Crippen molar-refractivity contribution in [3.63, 3.8) is 0 Å². The first-order chi connectivity index (χ1) is 15.6. The normalized spacial score (nSPS) is 11.2. The van der Waals surface area contributed by atoms with Gasteiger partial charge in [-0.1, -0.05) is 29.8 Å². The number of hydrogen-bond acceptors (Lipinski definition) is 5. The smallest absolute Gasteiger partial charge is 0.245 e. The van der Waals surface area contributed by atoms with Gasteiger partial charge in [0.2, 0.25) is 15.9 Å². The van der Waals surface area contributed by atoms with Gasteiger partial charge in [-0.3, -0.25) is 9.10 Å². The van der Waals surface area contributed by atoms with Crippen LogP contribution in [0.2, 0.25) is 5.02 Å². The summed E-state index contributed by atoms with van der Waals surface area (Å²) >= 11 is 6.10. The molecule has 0 saturated carbocycles. The lowest BCUT2D eigenvalue weighted by Crippen LogP contribution is -2.37. The first kappa shape index (κ1) is 24.4. The van der Waals surface area contributed by atoms with E-state index in [1.807, 2.05) is 32.0 Å². The molecule has 0 aromatic heterocycles. The van der Waals surface area contributed by atoms with E-state index in [9.17, 15) is 13.2 Å². The molecule has 0 aliphatic rings. The molecule has 0 radical (unpaired) electrons. The number of halogens is 1. The zero-order valence-corrected chi connectivity index (χ0v) is 20.1. The van der Waals surface area contributed by atoms with Crippen molar-refractivity contribution < 1.29 is 22.7 Å². The van der Waals surface area contributed by atoms with E-state index in [0.29, 0.717) is 33.6 Å². The molecule has 3 aromatic rings. The molecule has 3 rings (SSSR count). The van der Waals surface area contributed by atoms with Gasteiger partial charge in [-0.2, -0.15) is 0 Å². The van der Waals surface area contributed by atoms with Crippen molar-refractivity contribution in [3.8, 4) is 17.2 Å². The van der Waals surface area contributed by atoms with Gasteiger partial charge in [-0.05, 0) is 68.4 Å². The van der Waals surface area contributed by atoms with E-state index in [1.54, 1.807) is 54.6 Å². The minimum atomic E-state index is -3.73. The predicted octanol–water partition coefficient (Wildman–Crippen LogP) is 5.32. The minimum Gasteiger partial charge on any atom is -0.491 e. The zero-order chi connectivity index (χ0) is 24.0. The highest BCUT2D eigenvalue weighted by Crippen LogP contribution is 2.32. The molecule has 0 unspecified atom stereocenters. The van der Waals surface area contributed by atoms with Crippen LogP contribution in [0.15, 0.2) is 72.8 Å². The minimum absolute atomic E-state index is 0.0161. The molecule has 174 valence electrons. The van der Waals surface area contributed by atoms with Crippen molar-refractivity contribution in [2.45, 2.75) is 20.0 Å². The van der Waals surface area contributed by atoms with Gasteiger partial charge < -0.3 is 14.8 Å². The molecule has 1 amide bonds. The van der Waals surface area contributed by atoms with Crippen LogP contribution < -0.4 is 19.1 Å². The first-order valence-corrected chi connectivity index (χ1v) is 12.4. The maximum atomic E-state index is 12.8. The number of benzene rings is 3.